The molecule has 1 aromatic heterocycles. The summed E-state index contributed by atoms with van der Waals surface area (Å²) in [6.45, 7) is 0.483. The number of likely N-dealkylation sites (tertiary alicyclic amines) is 1. The summed E-state index contributed by atoms with van der Waals surface area (Å²) in [6, 6.07) is 15.3. The number of carbonyl (C=O) groups excluding carboxylic acids is 1. The molecule has 1 aliphatic rings. The predicted octanol–water partition coefficient (Wildman–Crippen LogP) is 2.61. The van der Waals surface area contributed by atoms with Crippen molar-refractivity contribution >= 4 is 27.3 Å². The zero-order valence-electron chi connectivity index (χ0n) is 14.8. The summed E-state index contributed by atoms with van der Waals surface area (Å²) in [5, 5.41) is 8.18. The molecular formula is C19H17ClN4O3S. The maximum atomic E-state index is 12.8. The van der Waals surface area contributed by atoms with E-state index in [2.05, 4.69) is 10.2 Å². The van der Waals surface area contributed by atoms with Crippen molar-refractivity contribution in [2.24, 2.45) is 0 Å². The molecule has 0 radical (unpaired) electrons. The van der Waals surface area contributed by atoms with E-state index in [1.807, 2.05) is 30.3 Å². The molecule has 1 atom stereocenters. The Bertz CT molecular complexity index is 1100. The van der Waals surface area contributed by atoms with E-state index in [0.717, 1.165) is 5.69 Å². The standard InChI is InChI=1S/C19H17ClN4O3S/c20-14-6-8-16(9-7-14)28(26,27)17-10-11-23(13-17)19(25)18-12-21-24(22-18)15-4-2-1-3-5-15/h1-9,12,17H,10-11,13H2. The third-order valence-electron chi connectivity index (χ3n) is 4.71. The number of nitrogens with zero attached hydrogens (tertiary/aromatic N) is 4. The summed E-state index contributed by atoms with van der Waals surface area (Å²) in [5.41, 5.74) is 0.930. The van der Waals surface area contributed by atoms with Crippen molar-refractivity contribution in [3.63, 3.8) is 0 Å². The summed E-state index contributed by atoms with van der Waals surface area (Å²) in [6.07, 6.45) is 1.78. The van der Waals surface area contributed by atoms with Crippen molar-refractivity contribution in [2.45, 2.75) is 16.6 Å². The van der Waals surface area contributed by atoms with Gasteiger partial charge in [0.25, 0.3) is 5.91 Å². The van der Waals surface area contributed by atoms with E-state index in [0.29, 0.717) is 18.0 Å². The molecule has 144 valence electrons. The average Bonchev–Trinajstić information content (AvgIpc) is 3.39. The second-order valence-electron chi connectivity index (χ2n) is 6.52. The van der Waals surface area contributed by atoms with Crippen LogP contribution in [0, 0.1) is 0 Å². The van der Waals surface area contributed by atoms with Gasteiger partial charge in [-0.1, -0.05) is 29.8 Å². The molecule has 7 nitrogen and oxygen atoms in total. The number of amides is 1. The SMILES string of the molecule is O=C(c1cnn(-c2ccccc2)n1)N1CCC(S(=O)(=O)c2ccc(Cl)cc2)C1. The van der Waals surface area contributed by atoms with Crippen LogP contribution < -0.4 is 0 Å². The Morgan fingerprint density at radius 1 is 1.07 bits per heavy atom. The van der Waals surface area contributed by atoms with E-state index in [-0.39, 0.29) is 23.0 Å². The molecule has 0 aliphatic carbocycles. The van der Waals surface area contributed by atoms with Gasteiger partial charge in [-0.3, -0.25) is 4.79 Å². The van der Waals surface area contributed by atoms with Gasteiger partial charge in [0.15, 0.2) is 15.5 Å². The molecule has 1 amide bonds. The molecule has 1 aliphatic heterocycles. The van der Waals surface area contributed by atoms with E-state index in [4.69, 9.17) is 11.6 Å². The second kappa shape index (κ2) is 7.37. The molecule has 1 fully saturated rings. The highest BCUT2D eigenvalue weighted by Crippen LogP contribution is 2.25. The Morgan fingerprint density at radius 3 is 2.50 bits per heavy atom. The van der Waals surface area contributed by atoms with Gasteiger partial charge in [0, 0.05) is 18.1 Å². The summed E-state index contributed by atoms with van der Waals surface area (Å²) in [7, 11) is -3.54. The quantitative estimate of drug-likeness (QED) is 0.652. The number of rotatable bonds is 4. The molecule has 28 heavy (non-hydrogen) atoms. The van der Waals surface area contributed by atoms with Gasteiger partial charge in [0.05, 0.1) is 22.0 Å². The molecule has 0 saturated carbocycles. The molecule has 2 heterocycles. The minimum Gasteiger partial charge on any atom is -0.336 e. The van der Waals surface area contributed by atoms with Crippen molar-refractivity contribution in [1.82, 2.24) is 19.9 Å². The first-order chi connectivity index (χ1) is 13.4. The number of aromatic nitrogens is 3. The van der Waals surface area contributed by atoms with Crippen molar-refractivity contribution in [3.05, 3.63) is 71.5 Å². The first-order valence-corrected chi connectivity index (χ1v) is 10.6. The fourth-order valence-corrected chi connectivity index (χ4v) is 5.01. The molecule has 0 N–H and O–H groups in total. The maximum Gasteiger partial charge on any atom is 0.276 e. The van der Waals surface area contributed by atoms with Gasteiger partial charge in [-0.05, 0) is 42.8 Å². The van der Waals surface area contributed by atoms with Crippen LogP contribution in [0.3, 0.4) is 0 Å². The fourth-order valence-electron chi connectivity index (χ4n) is 3.19. The highest BCUT2D eigenvalue weighted by atomic mass is 35.5. The Kier molecular flexibility index (Phi) is 4.91. The highest BCUT2D eigenvalue weighted by molar-refractivity contribution is 7.92. The van der Waals surface area contributed by atoms with Crippen LogP contribution in [0.1, 0.15) is 16.9 Å². The molecular weight excluding hydrogens is 400 g/mol. The van der Waals surface area contributed by atoms with Crippen LogP contribution >= 0.6 is 11.6 Å². The van der Waals surface area contributed by atoms with Crippen LogP contribution in [-0.4, -0.2) is 52.6 Å². The van der Waals surface area contributed by atoms with Crippen LogP contribution in [0.15, 0.2) is 65.7 Å². The Labute approximate surface area is 167 Å². The lowest BCUT2D eigenvalue weighted by Gasteiger charge is -2.15. The number of benzene rings is 2. The van der Waals surface area contributed by atoms with E-state index in [1.165, 1.54) is 28.0 Å². The molecule has 3 aromatic rings. The van der Waals surface area contributed by atoms with E-state index in [1.54, 1.807) is 12.1 Å². The van der Waals surface area contributed by atoms with Crippen molar-refractivity contribution in [1.29, 1.82) is 0 Å². The number of sulfone groups is 1. The minimum atomic E-state index is -3.54. The number of hydrogen-bond donors (Lipinski definition) is 0. The van der Waals surface area contributed by atoms with Gasteiger partial charge in [0.2, 0.25) is 0 Å². The Balaban J connectivity index is 1.49. The van der Waals surface area contributed by atoms with Crippen LogP contribution in [0.4, 0.5) is 0 Å². The van der Waals surface area contributed by atoms with Crippen LogP contribution in [0.25, 0.3) is 5.69 Å². The highest BCUT2D eigenvalue weighted by Gasteiger charge is 2.37. The lowest BCUT2D eigenvalue weighted by molar-refractivity contribution is 0.0787. The van der Waals surface area contributed by atoms with Crippen molar-refractivity contribution in [2.75, 3.05) is 13.1 Å². The number of hydrogen-bond acceptors (Lipinski definition) is 5. The predicted molar refractivity (Wildman–Crippen MR) is 104 cm³/mol. The van der Waals surface area contributed by atoms with Gasteiger partial charge in [0.1, 0.15) is 0 Å². The lowest BCUT2D eigenvalue weighted by Crippen LogP contribution is -2.32. The fraction of sp³-hybridized carbons (Fsp3) is 0.211. The van der Waals surface area contributed by atoms with Crippen LogP contribution in [0.5, 0.6) is 0 Å². The smallest absolute Gasteiger partial charge is 0.276 e. The van der Waals surface area contributed by atoms with Gasteiger partial charge >= 0.3 is 0 Å². The molecule has 9 heteroatoms. The first kappa shape index (κ1) is 18.6. The zero-order valence-corrected chi connectivity index (χ0v) is 16.3. The molecule has 2 aromatic carbocycles. The van der Waals surface area contributed by atoms with Crippen molar-refractivity contribution in [3.8, 4) is 5.69 Å². The number of para-hydroxylation sites is 1. The third-order valence-corrected chi connectivity index (χ3v) is 7.15. The maximum absolute atomic E-state index is 12.8. The third kappa shape index (κ3) is 3.53. The van der Waals surface area contributed by atoms with Crippen molar-refractivity contribution < 1.29 is 13.2 Å². The zero-order chi connectivity index (χ0) is 19.7. The first-order valence-electron chi connectivity index (χ1n) is 8.71. The van der Waals surface area contributed by atoms with Crippen LogP contribution in [0.2, 0.25) is 5.02 Å². The largest absolute Gasteiger partial charge is 0.336 e. The topological polar surface area (TPSA) is 85.2 Å². The molecule has 1 saturated heterocycles. The van der Waals surface area contributed by atoms with Gasteiger partial charge in [-0.2, -0.15) is 9.90 Å². The molecule has 4 rings (SSSR count). The van der Waals surface area contributed by atoms with Crippen LogP contribution in [-0.2, 0) is 9.84 Å². The summed E-state index contributed by atoms with van der Waals surface area (Å²) in [4.78, 5) is 15.8. The summed E-state index contributed by atoms with van der Waals surface area (Å²) < 4.78 is 25.7. The van der Waals surface area contributed by atoms with Gasteiger partial charge in [-0.25, -0.2) is 8.42 Å². The monoisotopic (exact) mass is 416 g/mol. The average molecular weight is 417 g/mol. The Hall–Kier alpha value is -2.71. The lowest BCUT2D eigenvalue weighted by atomic mass is 10.3. The number of halogens is 1. The molecule has 1 unspecified atom stereocenters. The second-order valence-corrected chi connectivity index (χ2v) is 9.18. The summed E-state index contributed by atoms with van der Waals surface area (Å²) in [5.74, 6) is -0.323. The molecule has 0 bridgehead atoms. The Morgan fingerprint density at radius 2 is 1.79 bits per heavy atom. The minimum absolute atomic E-state index is 0.127. The van der Waals surface area contributed by atoms with E-state index in [9.17, 15) is 13.2 Å². The van der Waals surface area contributed by atoms with Gasteiger partial charge in [-0.15, -0.1) is 5.10 Å². The number of carbonyl (C=O) groups is 1. The molecule has 0 spiro atoms. The van der Waals surface area contributed by atoms with E-state index >= 15 is 0 Å². The normalized spacial score (nSPS) is 17.0. The van der Waals surface area contributed by atoms with Gasteiger partial charge < -0.3 is 4.90 Å². The summed E-state index contributed by atoms with van der Waals surface area (Å²) >= 11 is 5.84. The van der Waals surface area contributed by atoms with E-state index < -0.39 is 15.1 Å².